The number of fused-ring (bicyclic) bond motifs is 1. The van der Waals surface area contributed by atoms with Gasteiger partial charge in [-0.15, -0.1) is 11.8 Å². The Labute approximate surface area is 205 Å². The molecule has 3 rings (SSSR count). The molecule has 4 unspecified atom stereocenters. The molecule has 4 atom stereocenters. The summed E-state index contributed by atoms with van der Waals surface area (Å²) < 4.78 is 60.4. The number of amides is 4. The average Bonchev–Trinajstić information content (AvgIpc) is 3.02. The van der Waals surface area contributed by atoms with Crippen LogP contribution in [0.2, 0.25) is 0 Å². The molecule has 2 heterocycles. The first-order chi connectivity index (χ1) is 16.1. The lowest BCUT2D eigenvalue weighted by Gasteiger charge is -2.44. The predicted molar refractivity (Wildman–Crippen MR) is 119 cm³/mol. The number of benzene rings is 1. The van der Waals surface area contributed by atoms with E-state index in [0.29, 0.717) is 0 Å². The molecule has 192 valence electrons. The molecule has 4 amide bonds. The van der Waals surface area contributed by atoms with Crippen molar-refractivity contribution in [3.8, 4) is 0 Å². The average molecular weight is 557 g/mol. The van der Waals surface area contributed by atoms with Gasteiger partial charge in [0, 0.05) is 4.75 Å². The van der Waals surface area contributed by atoms with Gasteiger partial charge < -0.3 is 20.6 Å². The fourth-order valence-electron chi connectivity index (χ4n) is 3.63. The summed E-state index contributed by atoms with van der Waals surface area (Å²) in [5.41, 5.74) is -5.42. The Morgan fingerprint density at radius 1 is 1.20 bits per heavy atom. The number of hydrogen-bond donors (Lipinski definition) is 4. The van der Waals surface area contributed by atoms with E-state index in [0.717, 1.165) is 4.90 Å². The molecule has 1 aromatic carbocycles. The van der Waals surface area contributed by atoms with Gasteiger partial charge in [-0.05, 0) is 19.4 Å². The fraction of sp³-hybridized carbons (Fsp3) is 0.444. The van der Waals surface area contributed by atoms with Gasteiger partial charge in [0.15, 0.2) is 0 Å². The normalized spacial score (nSPS) is 24.1. The number of aliphatic carboxylic acids is 1. The van der Waals surface area contributed by atoms with Crippen molar-refractivity contribution in [1.29, 1.82) is 0 Å². The summed E-state index contributed by atoms with van der Waals surface area (Å²) in [6, 6.07) is 2.34. The van der Waals surface area contributed by atoms with Gasteiger partial charge >= 0.3 is 26.4 Å². The van der Waals surface area contributed by atoms with Crippen LogP contribution in [0.4, 0.5) is 18.0 Å². The Bertz CT molecular complexity index is 1150. The van der Waals surface area contributed by atoms with E-state index < -0.39 is 77.4 Å². The van der Waals surface area contributed by atoms with Gasteiger partial charge in [-0.3, -0.25) is 14.3 Å². The molecule has 0 aromatic heterocycles. The second-order valence-electron chi connectivity index (χ2n) is 7.99. The zero-order valence-corrected chi connectivity index (χ0v) is 20.3. The van der Waals surface area contributed by atoms with Crippen molar-refractivity contribution >= 4 is 55.4 Å². The molecular weight excluding hydrogens is 537 g/mol. The summed E-state index contributed by atoms with van der Waals surface area (Å²) in [6.45, 7) is 3.29. The number of hydrogen-bond acceptors (Lipinski definition) is 8. The number of nitrogens with zero attached hydrogens (tertiary/aromatic N) is 1. The summed E-state index contributed by atoms with van der Waals surface area (Å²) in [7, 11) is -6.60. The molecule has 4 N–H and O–H groups in total. The fourth-order valence-corrected chi connectivity index (χ4v) is 6.43. The number of urea groups is 1. The highest BCUT2D eigenvalue weighted by molar-refractivity contribution is 8.71. The molecule has 35 heavy (non-hydrogen) atoms. The quantitative estimate of drug-likeness (QED) is 0.219. The molecule has 2 aliphatic heterocycles. The van der Waals surface area contributed by atoms with Crippen LogP contribution in [0.25, 0.3) is 0 Å². The number of rotatable bonds is 7. The summed E-state index contributed by atoms with van der Waals surface area (Å²) in [5, 5.41) is 13.3. The molecule has 0 aliphatic carbocycles. The van der Waals surface area contributed by atoms with Gasteiger partial charge in [0.2, 0.25) is 11.8 Å². The van der Waals surface area contributed by atoms with Crippen molar-refractivity contribution in [2.45, 2.75) is 47.6 Å². The Morgan fingerprint density at radius 3 is 2.34 bits per heavy atom. The molecular formula is C18H19F3N4O7S3. The van der Waals surface area contributed by atoms with Gasteiger partial charge in [0.25, 0.3) is 0 Å². The maximum atomic E-state index is 13.0. The summed E-state index contributed by atoms with van der Waals surface area (Å²) in [5.74, 6) is -2.75. The lowest BCUT2D eigenvalue weighted by molar-refractivity contribution is -0.161. The molecule has 11 nitrogen and oxygen atoms in total. The van der Waals surface area contributed by atoms with E-state index in [1.807, 2.05) is 0 Å². The Hall–Kier alpha value is -2.66. The minimum atomic E-state index is -5.72. The van der Waals surface area contributed by atoms with Crippen LogP contribution in [0.3, 0.4) is 0 Å². The SMILES string of the molecule is CC1(C)SC2C(NC(=O)C(NC(=O)NSS(=O)(=O)C(F)(F)F)c3ccccc3)C(=O)N2C1C(=O)O. The molecule has 0 spiro atoms. The highest BCUT2D eigenvalue weighted by atomic mass is 33.1. The number of carboxylic acid groups (broad SMARTS) is 1. The van der Waals surface area contributed by atoms with Crippen LogP contribution in [0.5, 0.6) is 0 Å². The lowest BCUT2D eigenvalue weighted by Crippen LogP contribution is -2.71. The standard InChI is InChI=1S/C18H19F3N4O7S3/c1-17(2)11(15(28)29)25-13(27)10(14(25)33-17)22-12(26)9(8-6-4-3-5-7-8)23-16(30)24-34-35(31,32)18(19,20)21/h3-7,9-11,14H,1-2H3,(H,22,26)(H,28,29)(H2,23,24,30). The number of carbonyl (C=O) groups is 4. The molecule has 17 heteroatoms. The van der Waals surface area contributed by atoms with E-state index in [9.17, 15) is 45.9 Å². The summed E-state index contributed by atoms with van der Waals surface area (Å²) in [4.78, 5) is 50.5. The van der Waals surface area contributed by atoms with E-state index in [2.05, 4.69) is 10.6 Å². The van der Waals surface area contributed by atoms with Crippen molar-refractivity contribution in [2.24, 2.45) is 0 Å². The number of thioether (sulfide) groups is 1. The molecule has 2 fully saturated rings. The Morgan fingerprint density at radius 2 is 1.80 bits per heavy atom. The Kier molecular flexibility index (Phi) is 7.25. The van der Waals surface area contributed by atoms with Crippen LogP contribution in [-0.2, 0) is 23.3 Å². The summed E-state index contributed by atoms with van der Waals surface area (Å²) >= 11 is 1.18. The largest absolute Gasteiger partial charge is 0.508 e. The van der Waals surface area contributed by atoms with Gasteiger partial charge in [-0.2, -0.15) is 13.2 Å². The van der Waals surface area contributed by atoms with Gasteiger partial charge in [-0.25, -0.2) is 18.0 Å². The number of halogens is 3. The van der Waals surface area contributed by atoms with Crippen molar-refractivity contribution in [3.63, 3.8) is 0 Å². The minimum absolute atomic E-state index is 0.190. The minimum Gasteiger partial charge on any atom is -0.480 e. The molecule has 1 aromatic rings. The number of carbonyl (C=O) groups excluding carboxylic acids is 3. The lowest BCUT2D eigenvalue weighted by atomic mass is 9.95. The maximum Gasteiger partial charge on any atom is 0.508 e. The molecule has 2 aliphatic rings. The zero-order valence-electron chi connectivity index (χ0n) is 17.9. The highest BCUT2D eigenvalue weighted by Gasteiger charge is 2.64. The van der Waals surface area contributed by atoms with Crippen LogP contribution >= 0.6 is 22.7 Å². The second-order valence-corrected chi connectivity index (χ2v) is 13.3. The van der Waals surface area contributed by atoms with Crippen LogP contribution in [0, 0.1) is 0 Å². The number of β-lactam (4-membered cyclic amide) rings is 1. The van der Waals surface area contributed by atoms with E-state index in [-0.39, 0.29) is 5.56 Å². The van der Waals surface area contributed by atoms with E-state index in [1.54, 1.807) is 19.9 Å². The number of nitrogens with one attached hydrogen (secondary N) is 3. The maximum absolute atomic E-state index is 13.0. The molecule has 0 radical (unpaired) electrons. The van der Waals surface area contributed by atoms with Crippen molar-refractivity contribution < 1.29 is 45.9 Å². The van der Waals surface area contributed by atoms with Gasteiger partial charge in [0.05, 0.1) is 11.0 Å². The predicted octanol–water partition coefficient (Wildman–Crippen LogP) is 1.16. The van der Waals surface area contributed by atoms with E-state index in [1.165, 1.54) is 40.7 Å². The summed E-state index contributed by atoms with van der Waals surface area (Å²) in [6.07, 6.45) is 0. The van der Waals surface area contributed by atoms with Crippen molar-refractivity contribution in [1.82, 2.24) is 20.3 Å². The second kappa shape index (κ2) is 9.42. The molecule has 0 saturated carbocycles. The Balaban J connectivity index is 1.73. The number of carboxylic acids is 1. The van der Waals surface area contributed by atoms with Crippen LogP contribution in [0.1, 0.15) is 25.5 Å². The van der Waals surface area contributed by atoms with Crippen LogP contribution in [-0.4, -0.2) is 70.0 Å². The third-order valence-corrected chi connectivity index (χ3v) is 9.27. The monoisotopic (exact) mass is 556 g/mol. The third-order valence-electron chi connectivity index (χ3n) is 5.17. The van der Waals surface area contributed by atoms with Crippen molar-refractivity contribution in [2.75, 3.05) is 0 Å². The highest BCUT2D eigenvalue weighted by Crippen LogP contribution is 2.50. The molecule has 2 saturated heterocycles. The van der Waals surface area contributed by atoms with E-state index >= 15 is 0 Å². The smallest absolute Gasteiger partial charge is 0.480 e. The first-order valence-electron chi connectivity index (χ1n) is 9.71. The van der Waals surface area contributed by atoms with Gasteiger partial charge in [0.1, 0.15) is 23.5 Å². The van der Waals surface area contributed by atoms with E-state index in [4.69, 9.17) is 0 Å². The van der Waals surface area contributed by atoms with Crippen LogP contribution in [0.15, 0.2) is 30.3 Å². The van der Waals surface area contributed by atoms with Gasteiger partial charge in [-0.1, -0.05) is 30.3 Å². The first kappa shape index (κ1) is 26.9. The van der Waals surface area contributed by atoms with Crippen molar-refractivity contribution in [3.05, 3.63) is 35.9 Å². The number of alkyl halides is 3. The first-order valence-corrected chi connectivity index (χ1v) is 13.4. The zero-order chi connectivity index (χ0) is 26.3. The topological polar surface area (TPSA) is 162 Å². The molecule has 0 bridgehead atoms. The third kappa shape index (κ3) is 5.30. The van der Waals surface area contributed by atoms with Crippen LogP contribution < -0.4 is 15.4 Å².